The van der Waals surface area contributed by atoms with Gasteiger partial charge >= 0.3 is 0 Å². The molecule has 0 aliphatic carbocycles. The van der Waals surface area contributed by atoms with E-state index >= 15 is 0 Å². The van der Waals surface area contributed by atoms with Crippen molar-refractivity contribution >= 4 is 23.2 Å². The molecule has 1 heterocycles. The van der Waals surface area contributed by atoms with Crippen LogP contribution in [0.4, 0.5) is 0 Å². The Morgan fingerprint density at radius 1 is 1.00 bits per heavy atom. The highest BCUT2D eigenvalue weighted by Gasteiger charge is 2.28. The van der Waals surface area contributed by atoms with Gasteiger partial charge in [0.05, 0.1) is 6.54 Å². The minimum atomic E-state index is -0.389. The van der Waals surface area contributed by atoms with Crippen molar-refractivity contribution in [1.82, 2.24) is 9.80 Å². The fourth-order valence-electron chi connectivity index (χ4n) is 2.85. The number of hydrogen-bond acceptors (Lipinski definition) is 3. The Morgan fingerprint density at radius 2 is 1.65 bits per heavy atom. The van der Waals surface area contributed by atoms with Gasteiger partial charge in [-0.05, 0) is 45.4 Å². The molecule has 2 rings (SSSR count). The van der Waals surface area contributed by atoms with E-state index in [1.54, 1.807) is 16.2 Å². The smallest absolute Gasteiger partial charge is 0.242 e. The molecule has 26 heavy (non-hydrogen) atoms. The molecule has 0 unspecified atom stereocenters. The predicted octanol–water partition coefficient (Wildman–Crippen LogP) is 4.23. The van der Waals surface area contributed by atoms with Crippen LogP contribution in [0.3, 0.4) is 0 Å². The number of amides is 2. The first-order valence-electron chi connectivity index (χ1n) is 8.82. The van der Waals surface area contributed by atoms with Gasteiger partial charge in [-0.1, -0.05) is 30.3 Å². The summed E-state index contributed by atoms with van der Waals surface area (Å²) in [5, 5.41) is 0. The second-order valence-corrected chi connectivity index (χ2v) is 8.90. The maximum atomic E-state index is 13.1. The summed E-state index contributed by atoms with van der Waals surface area (Å²) < 4.78 is 0. The molecule has 0 aliphatic heterocycles. The van der Waals surface area contributed by atoms with E-state index < -0.39 is 0 Å². The topological polar surface area (TPSA) is 40.6 Å². The average Bonchev–Trinajstić information content (AvgIpc) is 2.96. The van der Waals surface area contributed by atoms with Gasteiger partial charge in [-0.3, -0.25) is 9.59 Å². The SMILES string of the molecule is CC(=O)N(CC(=O)N(Cc1ccccc1)Cc1ccc(C)s1)C(C)(C)C. The fourth-order valence-corrected chi connectivity index (χ4v) is 3.76. The summed E-state index contributed by atoms with van der Waals surface area (Å²) in [6.07, 6.45) is 0. The molecule has 1 aromatic heterocycles. The first kappa shape index (κ1) is 20.2. The van der Waals surface area contributed by atoms with Crippen LogP contribution < -0.4 is 0 Å². The van der Waals surface area contributed by atoms with E-state index in [9.17, 15) is 9.59 Å². The van der Waals surface area contributed by atoms with Crippen LogP contribution in [0.5, 0.6) is 0 Å². The third-order valence-electron chi connectivity index (χ3n) is 4.19. The van der Waals surface area contributed by atoms with Gasteiger partial charge in [-0.2, -0.15) is 0 Å². The van der Waals surface area contributed by atoms with Crippen molar-refractivity contribution < 1.29 is 9.59 Å². The highest BCUT2D eigenvalue weighted by molar-refractivity contribution is 7.11. The molecule has 2 aromatic rings. The maximum absolute atomic E-state index is 13.1. The standard InChI is InChI=1S/C21H28N2O2S/c1-16-11-12-19(26-16)14-22(13-18-9-7-6-8-10-18)20(25)15-23(17(2)24)21(3,4)5/h6-12H,13-15H2,1-5H3. The number of hydrogen-bond donors (Lipinski definition) is 0. The van der Waals surface area contributed by atoms with Gasteiger partial charge in [0.2, 0.25) is 11.8 Å². The number of thiophene rings is 1. The molecule has 0 atom stereocenters. The van der Waals surface area contributed by atoms with Crippen molar-refractivity contribution in [3.63, 3.8) is 0 Å². The third-order valence-corrected chi connectivity index (χ3v) is 5.18. The second kappa shape index (κ2) is 8.49. The summed E-state index contributed by atoms with van der Waals surface area (Å²) in [5.41, 5.74) is 0.693. The molecule has 0 aliphatic rings. The summed E-state index contributed by atoms with van der Waals surface area (Å²) in [5.74, 6) is -0.123. The van der Waals surface area contributed by atoms with Crippen LogP contribution in [-0.4, -0.2) is 33.7 Å². The molecule has 2 amide bonds. The number of benzene rings is 1. The summed E-state index contributed by atoms with van der Waals surface area (Å²) in [7, 11) is 0. The molecular formula is C21H28N2O2S. The lowest BCUT2D eigenvalue weighted by Gasteiger charge is -2.36. The zero-order chi connectivity index (χ0) is 19.3. The first-order chi connectivity index (χ1) is 12.2. The van der Waals surface area contributed by atoms with Crippen LogP contribution in [0, 0.1) is 6.92 Å². The lowest BCUT2D eigenvalue weighted by Crippen LogP contribution is -2.50. The monoisotopic (exact) mass is 372 g/mol. The van der Waals surface area contributed by atoms with Crippen molar-refractivity contribution in [3.8, 4) is 0 Å². The summed E-state index contributed by atoms with van der Waals surface area (Å²) in [6, 6.07) is 14.1. The van der Waals surface area contributed by atoms with Crippen LogP contribution >= 0.6 is 11.3 Å². The predicted molar refractivity (Wildman–Crippen MR) is 107 cm³/mol. The van der Waals surface area contributed by atoms with Gasteiger partial charge in [0.1, 0.15) is 6.54 Å². The highest BCUT2D eigenvalue weighted by atomic mass is 32.1. The molecule has 140 valence electrons. The van der Waals surface area contributed by atoms with Gasteiger partial charge in [0, 0.05) is 28.8 Å². The number of rotatable bonds is 6. The minimum Gasteiger partial charge on any atom is -0.332 e. The Kier molecular flexibility index (Phi) is 6.59. The van der Waals surface area contributed by atoms with Crippen LogP contribution in [0.1, 0.15) is 43.0 Å². The summed E-state index contributed by atoms with van der Waals surface area (Å²) >= 11 is 1.70. The zero-order valence-electron chi connectivity index (χ0n) is 16.3. The highest BCUT2D eigenvalue weighted by Crippen LogP contribution is 2.20. The van der Waals surface area contributed by atoms with E-state index in [2.05, 4.69) is 19.1 Å². The number of aryl methyl sites for hydroxylation is 1. The van der Waals surface area contributed by atoms with Crippen molar-refractivity contribution in [3.05, 3.63) is 57.8 Å². The molecule has 0 N–H and O–H groups in total. The van der Waals surface area contributed by atoms with E-state index in [1.165, 1.54) is 11.8 Å². The first-order valence-corrected chi connectivity index (χ1v) is 9.63. The second-order valence-electron chi connectivity index (χ2n) is 7.52. The maximum Gasteiger partial charge on any atom is 0.242 e. The molecule has 4 nitrogen and oxygen atoms in total. The number of carbonyl (C=O) groups is 2. The Bertz CT molecular complexity index is 747. The minimum absolute atomic E-state index is 0.0370. The molecule has 0 saturated carbocycles. The van der Waals surface area contributed by atoms with Gasteiger partial charge in [-0.15, -0.1) is 11.3 Å². The molecule has 0 radical (unpaired) electrons. The van der Waals surface area contributed by atoms with Crippen LogP contribution in [0.25, 0.3) is 0 Å². The number of nitrogens with zero attached hydrogens (tertiary/aromatic N) is 2. The molecule has 1 aromatic carbocycles. The molecule has 0 spiro atoms. The Morgan fingerprint density at radius 3 is 2.15 bits per heavy atom. The van der Waals surface area contributed by atoms with Gasteiger partial charge in [-0.25, -0.2) is 0 Å². The van der Waals surface area contributed by atoms with E-state index in [1.807, 2.05) is 56.0 Å². The number of carbonyl (C=O) groups excluding carboxylic acids is 2. The van der Waals surface area contributed by atoms with Crippen LogP contribution in [0.2, 0.25) is 0 Å². The van der Waals surface area contributed by atoms with E-state index in [4.69, 9.17) is 0 Å². The van der Waals surface area contributed by atoms with E-state index in [-0.39, 0.29) is 23.9 Å². The quantitative estimate of drug-likeness (QED) is 0.761. The Balaban J connectivity index is 2.20. The average molecular weight is 373 g/mol. The normalized spacial score (nSPS) is 11.3. The Hall–Kier alpha value is -2.14. The van der Waals surface area contributed by atoms with Crippen molar-refractivity contribution in [2.75, 3.05) is 6.54 Å². The van der Waals surface area contributed by atoms with Crippen LogP contribution in [0.15, 0.2) is 42.5 Å². The largest absolute Gasteiger partial charge is 0.332 e. The zero-order valence-corrected chi connectivity index (χ0v) is 17.1. The molecule has 0 fully saturated rings. The van der Waals surface area contributed by atoms with E-state index in [0.29, 0.717) is 13.1 Å². The molecular weight excluding hydrogens is 344 g/mol. The lowest BCUT2D eigenvalue weighted by atomic mass is 10.1. The summed E-state index contributed by atoms with van der Waals surface area (Å²) in [4.78, 5) is 30.9. The fraction of sp³-hybridized carbons (Fsp3) is 0.429. The van der Waals surface area contributed by atoms with Gasteiger partial charge < -0.3 is 9.80 Å². The van der Waals surface area contributed by atoms with Crippen molar-refractivity contribution in [1.29, 1.82) is 0 Å². The Labute approximate surface area is 160 Å². The van der Waals surface area contributed by atoms with E-state index in [0.717, 1.165) is 10.4 Å². The van der Waals surface area contributed by atoms with Gasteiger partial charge in [0.25, 0.3) is 0 Å². The molecule has 0 saturated heterocycles. The van der Waals surface area contributed by atoms with Gasteiger partial charge in [0.15, 0.2) is 0 Å². The lowest BCUT2D eigenvalue weighted by molar-refractivity contribution is -0.144. The van der Waals surface area contributed by atoms with Crippen LogP contribution in [-0.2, 0) is 22.7 Å². The van der Waals surface area contributed by atoms with Crippen molar-refractivity contribution in [2.24, 2.45) is 0 Å². The van der Waals surface area contributed by atoms with Crippen molar-refractivity contribution in [2.45, 2.75) is 53.2 Å². The molecule has 5 heteroatoms. The molecule has 0 bridgehead atoms. The summed E-state index contributed by atoms with van der Waals surface area (Å²) in [6.45, 7) is 10.6. The third kappa shape index (κ3) is 5.70.